The third kappa shape index (κ3) is 3.67. The molecule has 2 heterocycles. The van der Waals surface area contributed by atoms with Crippen LogP contribution in [0.1, 0.15) is 52.7 Å². The number of aliphatic hydroxyl groups excluding tert-OH is 1. The predicted molar refractivity (Wildman–Crippen MR) is 123 cm³/mol. The molecule has 0 radical (unpaired) electrons. The van der Waals surface area contributed by atoms with Crippen LogP contribution >= 0.6 is 11.6 Å². The number of carbonyl (C=O) groups excluding carboxylic acids is 1. The molecule has 1 aliphatic carbocycles. The zero-order chi connectivity index (χ0) is 22.2. The second-order valence-electron chi connectivity index (χ2n) is 8.56. The molecular formula is C25H26ClN3O3. The number of nitrogens with zero attached hydrogens (tertiary/aromatic N) is 3. The second-order valence-corrected chi connectivity index (χ2v) is 8.93. The van der Waals surface area contributed by atoms with E-state index in [0.29, 0.717) is 29.3 Å². The first-order valence-electron chi connectivity index (χ1n) is 11.0. The standard InChI is InChI=1S/C25H26ClN3O3/c1-32-24-17(13-16-7-9-18(10-8-16)29-12-4-11-27-29)14-19-20(23(24)26)15-28(25(19)31)21-5-2-3-6-22(21)30/h4,7-12,14,21-22,30H,2-3,5-6,13,15H2,1H3/t21-,22-/m1/s1. The zero-order valence-electron chi connectivity index (χ0n) is 18.0. The van der Waals surface area contributed by atoms with E-state index in [9.17, 15) is 9.90 Å². The number of hydrogen-bond donors (Lipinski definition) is 1. The van der Waals surface area contributed by atoms with E-state index >= 15 is 0 Å². The molecule has 1 amide bonds. The van der Waals surface area contributed by atoms with Gasteiger partial charge < -0.3 is 14.7 Å². The summed E-state index contributed by atoms with van der Waals surface area (Å²) in [4.78, 5) is 15.1. The number of rotatable bonds is 5. The lowest BCUT2D eigenvalue weighted by Gasteiger charge is -2.35. The highest BCUT2D eigenvalue weighted by Gasteiger charge is 2.39. The molecule has 0 saturated heterocycles. The van der Waals surface area contributed by atoms with Crippen molar-refractivity contribution in [3.8, 4) is 11.4 Å². The van der Waals surface area contributed by atoms with Crippen LogP contribution in [0.5, 0.6) is 5.75 Å². The number of fused-ring (bicyclic) bond motifs is 1. The minimum absolute atomic E-state index is 0.0502. The number of methoxy groups -OCH3 is 1. The fraction of sp³-hybridized carbons (Fsp3) is 0.360. The van der Waals surface area contributed by atoms with Crippen LogP contribution < -0.4 is 4.74 Å². The Bertz CT molecular complexity index is 1130. The first-order chi connectivity index (χ1) is 15.6. The molecule has 1 aromatic heterocycles. The van der Waals surface area contributed by atoms with Gasteiger partial charge in [-0.1, -0.05) is 36.6 Å². The van der Waals surface area contributed by atoms with E-state index in [1.807, 2.05) is 47.3 Å². The average Bonchev–Trinajstić information content (AvgIpc) is 3.44. The maximum Gasteiger partial charge on any atom is 0.254 e. The Balaban J connectivity index is 1.44. The third-order valence-corrected chi connectivity index (χ3v) is 7.02. The maximum atomic E-state index is 13.3. The van der Waals surface area contributed by atoms with Gasteiger partial charge >= 0.3 is 0 Å². The van der Waals surface area contributed by atoms with E-state index in [1.165, 1.54) is 0 Å². The van der Waals surface area contributed by atoms with Crippen molar-refractivity contribution in [3.05, 3.63) is 76.1 Å². The van der Waals surface area contributed by atoms with E-state index in [1.54, 1.807) is 18.2 Å². The Morgan fingerprint density at radius 3 is 2.69 bits per heavy atom. The molecule has 7 heteroatoms. The summed E-state index contributed by atoms with van der Waals surface area (Å²) in [5.41, 5.74) is 4.36. The van der Waals surface area contributed by atoms with Crippen LogP contribution in [0, 0.1) is 0 Å². The number of halogens is 1. The number of ether oxygens (including phenoxy) is 1. The largest absolute Gasteiger partial charge is 0.495 e. The molecule has 2 aromatic carbocycles. The molecule has 6 nitrogen and oxygen atoms in total. The highest BCUT2D eigenvalue weighted by Crippen LogP contribution is 2.41. The summed E-state index contributed by atoms with van der Waals surface area (Å²) in [5, 5.41) is 15.2. The Morgan fingerprint density at radius 1 is 1.22 bits per heavy atom. The lowest BCUT2D eigenvalue weighted by atomic mass is 9.91. The summed E-state index contributed by atoms with van der Waals surface area (Å²) < 4.78 is 7.48. The van der Waals surface area contributed by atoms with Gasteiger partial charge in [-0.25, -0.2) is 4.68 Å². The van der Waals surface area contributed by atoms with E-state index < -0.39 is 6.10 Å². The lowest BCUT2D eigenvalue weighted by molar-refractivity contribution is 0.0191. The molecule has 2 atom stereocenters. The molecule has 0 unspecified atom stereocenters. The SMILES string of the molecule is COc1c(Cc2ccc(-n3cccn3)cc2)cc2c(c1Cl)CN([C@@H]1CCCC[C@H]1O)C2=O. The van der Waals surface area contributed by atoms with Crippen molar-refractivity contribution >= 4 is 17.5 Å². The topological polar surface area (TPSA) is 67.6 Å². The predicted octanol–water partition coefficient (Wildman–Crippen LogP) is 4.38. The Morgan fingerprint density at radius 2 is 2.00 bits per heavy atom. The summed E-state index contributed by atoms with van der Waals surface area (Å²) in [6.07, 6.45) is 7.36. The molecule has 1 saturated carbocycles. The van der Waals surface area contributed by atoms with Crippen LogP contribution in [0.2, 0.25) is 5.02 Å². The fourth-order valence-electron chi connectivity index (χ4n) is 4.95. The minimum atomic E-state index is -0.476. The number of amides is 1. The highest BCUT2D eigenvalue weighted by atomic mass is 35.5. The van der Waals surface area contributed by atoms with Gasteiger partial charge in [0.15, 0.2) is 0 Å². The third-order valence-electron chi connectivity index (χ3n) is 6.62. The van der Waals surface area contributed by atoms with Gasteiger partial charge in [0.25, 0.3) is 5.91 Å². The normalized spacial score (nSPS) is 20.5. The van der Waals surface area contributed by atoms with Gasteiger partial charge in [-0.15, -0.1) is 0 Å². The first kappa shape index (κ1) is 21.0. The molecule has 0 bridgehead atoms. The Kier molecular flexibility index (Phi) is 5.66. The van der Waals surface area contributed by atoms with Crippen LogP contribution in [-0.2, 0) is 13.0 Å². The minimum Gasteiger partial charge on any atom is -0.495 e. The van der Waals surface area contributed by atoms with Crippen LogP contribution in [0.25, 0.3) is 5.69 Å². The van der Waals surface area contributed by atoms with Crippen molar-refractivity contribution < 1.29 is 14.6 Å². The van der Waals surface area contributed by atoms with Crippen molar-refractivity contribution in [2.24, 2.45) is 0 Å². The molecule has 2 aliphatic rings. The average molecular weight is 452 g/mol. The zero-order valence-corrected chi connectivity index (χ0v) is 18.8. The summed E-state index contributed by atoms with van der Waals surface area (Å²) in [5.74, 6) is 0.561. The van der Waals surface area contributed by atoms with Gasteiger partial charge in [-0.05, 0) is 42.7 Å². The number of aliphatic hydroxyl groups is 1. The second kappa shape index (κ2) is 8.60. The molecule has 5 rings (SSSR count). The molecule has 32 heavy (non-hydrogen) atoms. The fourth-order valence-corrected chi connectivity index (χ4v) is 5.31. The summed E-state index contributed by atoms with van der Waals surface area (Å²) in [6, 6.07) is 11.8. The smallest absolute Gasteiger partial charge is 0.254 e. The van der Waals surface area contributed by atoms with Gasteiger partial charge in [-0.3, -0.25) is 4.79 Å². The van der Waals surface area contributed by atoms with Crippen LogP contribution in [0.4, 0.5) is 0 Å². The van der Waals surface area contributed by atoms with Gasteiger partial charge in [0, 0.05) is 42.0 Å². The van der Waals surface area contributed by atoms with Crippen LogP contribution in [-0.4, -0.2) is 44.9 Å². The number of hydrogen-bond acceptors (Lipinski definition) is 4. The quantitative estimate of drug-likeness (QED) is 0.625. The molecule has 3 aromatic rings. The van der Waals surface area contributed by atoms with E-state index in [0.717, 1.165) is 48.1 Å². The van der Waals surface area contributed by atoms with Crippen molar-refractivity contribution in [1.82, 2.24) is 14.7 Å². The van der Waals surface area contributed by atoms with Crippen molar-refractivity contribution in [2.75, 3.05) is 7.11 Å². The van der Waals surface area contributed by atoms with Crippen molar-refractivity contribution in [1.29, 1.82) is 0 Å². The Hall–Kier alpha value is -2.83. The monoisotopic (exact) mass is 451 g/mol. The summed E-state index contributed by atoms with van der Waals surface area (Å²) in [6.45, 7) is 0.421. The van der Waals surface area contributed by atoms with Gasteiger partial charge in [-0.2, -0.15) is 5.10 Å². The molecule has 166 valence electrons. The van der Waals surface area contributed by atoms with Crippen LogP contribution in [0.3, 0.4) is 0 Å². The van der Waals surface area contributed by atoms with Crippen molar-refractivity contribution in [3.63, 3.8) is 0 Å². The van der Waals surface area contributed by atoms with Gasteiger partial charge in [0.1, 0.15) is 5.75 Å². The number of carbonyl (C=O) groups is 1. The van der Waals surface area contributed by atoms with Gasteiger partial charge in [0.2, 0.25) is 0 Å². The summed E-state index contributed by atoms with van der Waals surface area (Å²) >= 11 is 6.75. The maximum absolute atomic E-state index is 13.3. The first-order valence-corrected chi connectivity index (χ1v) is 11.4. The summed E-state index contributed by atoms with van der Waals surface area (Å²) in [7, 11) is 1.61. The Labute approximate surface area is 192 Å². The van der Waals surface area contributed by atoms with Crippen LogP contribution in [0.15, 0.2) is 48.8 Å². The molecule has 1 N–H and O–H groups in total. The molecule has 0 spiro atoms. The molecule has 1 aliphatic heterocycles. The van der Waals surface area contributed by atoms with E-state index in [2.05, 4.69) is 5.10 Å². The van der Waals surface area contributed by atoms with Crippen molar-refractivity contribution in [2.45, 2.75) is 50.8 Å². The molecular weight excluding hydrogens is 426 g/mol. The number of benzene rings is 2. The lowest BCUT2D eigenvalue weighted by Crippen LogP contribution is -2.45. The number of aromatic nitrogens is 2. The molecule has 1 fully saturated rings. The van der Waals surface area contributed by atoms with E-state index in [4.69, 9.17) is 16.3 Å². The highest BCUT2D eigenvalue weighted by molar-refractivity contribution is 6.33. The van der Waals surface area contributed by atoms with Gasteiger partial charge in [0.05, 0.1) is 30.0 Å². The van der Waals surface area contributed by atoms with E-state index in [-0.39, 0.29) is 11.9 Å².